The van der Waals surface area contributed by atoms with Gasteiger partial charge in [0.2, 0.25) is 11.9 Å². The second-order valence-electron chi connectivity index (χ2n) is 8.15. The summed E-state index contributed by atoms with van der Waals surface area (Å²) in [7, 11) is 0. The minimum atomic E-state index is -0.107. The third-order valence-electron chi connectivity index (χ3n) is 5.88. The van der Waals surface area contributed by atoms with Gasteiger partial charge in [0.05, 0.1) is 12.1 Å². The summed E-state index contributed by atoms with van der Waals surface area (Å²) in [5.74, 6) is 0.834. The Kier molecular flexibility index (Phi) is 6.09. The first-order chi connectivity index (χ1) is 16.2. The minimum absolute atomic E-state index is 0.0359. The van der Waals surface area contributed by atoms with Crippen LogP contribution in [0.1, 0.15) is 41.6 Å². The topological polar surface area (TPSA) is 71.8 Å². The number of hydrogen-bond donors (Lipinski definition) is 2. The Morgan fingerprint density at radius 3 is 2.39 bits per heavy atom. The molecule has 0 saturated carbocycles. The van der Waals surface area contributed by atoms with Crippen LogP contribution in [0.5, 0.6) is 0 Å². The highest BCUT2D eigenvalue weighted by Gasteiger charge is 2.31. The Morgan fingerprint density at radius 1 is 0.970 bits per heavy atom. The van der Waals surface area contributed by atoms with Gasteiger partial charge in [-0.2, -0.15) is 4.98 Å². The van der Waals surface area contributed by atoms with E-state index in [9.17, 15) is 4.79 Å². The van der Waals surface area contributed by atoms with Gasteiger partial charge in [-0.05, 0) is 41.7 Å². The van der Waals surface area contributed by atoms with Gasteiger partial charge in [0, 0.05) is 11.4 Å². The number of nitrogens with one attached hydrogen (secondary N) is 2. The SMILES string of the molecule is O=C(CCc1ccccc1)Nc1nc2n(n1)[C@@H](c1ccc(Cl)cc1)C[C@H](c1ccccc1)N2. The highest BCUT2D eigenvalue weighted by atomic mass is 35.5. The minimum Gasteiger partial charge on any atom is -0.347 e. The van der Waals surface area contributed by atoms with Gasteiger partial charge in [-0.25, -0.2) is 4.68 Å². The third kappa shape index (κ3) is 4.91. The number of hydrogen-bond acceptors (Lipinski definition) is 4. The van der Waals surface area contributed by atoms with Crippen LogP contribution in [0.2, 0.25) is 5.02 Å². The van der Waals surface area contributed by atoms with Crippen molar-refractivity contribution in [3.05, 3.63) is 107 Å². The van der Waals surface area contributed by atoms with Crippen LogP contribution < -0.4 is 10.6 Å². The first-order valence-corrected chi connectivity index (χ1v) is 11.4. The zero-order valence-corrected chi connectivity index (χ0v) is 18.7. The normalized spacial score (nSPS) is 17.1. The van der Waals surface area contributed by atoms with Crippen molar-refractivity contribution < 1.29 is 4.79 Å². The maximum Gasteiger partial charge on any atom is 0.250 e. The van der Waals surface area contributed by atoms with Gasteiger partial charge in [-0.15, -0.1) is 5.10 Å². The van der Waals surface area contributed by atoms with Crippen LogP contribution in [0, 0.1) is 0 Å². The predicted molar refractivity (Wildman–Crippen MR) is 130 cm³/mol. The zero-order chi connectivity index (χ0) is 22.6. The summed E-state index contributed by atoms with van der Waals surface area (Å²) in [6, 6.07) is 28.1. The van der Waals surface area contributed by atoms with E-state index in [1.807, 2.05) is 77.5 Å². The number of nitrogens with zero attached hydrogens (tertiary/aromatic N) is 3. The fourth-order valence-electron chi connectivity index (χ4n) is 4.19. The van der Waals surface area contributed by atoms with Crippen molar-refractivity contribution in [2.24, 2.45) is 0 Å². The molecule has 0 unspecified atom stereocenters. The van der Waals surface area contributed by atoms with Crippen LogP contribution in [-0.2, 0) is 11.2 Å². The average Bonchev–Trinajstić information content (AvgIpc) is 3.26. The predicted octanol–water partition coefficient (Wildman–Crippen LogP) is 5.65. The Morgan fingerprint density at radius 2 is 1.67 bits per heavy atom. The summed E-state index contributed by atoms with van der Waals surface area (Å²) in [5, 5.41) is 11.7. The number of carbonyl (C=O) groups excluding carboxylic acids is 1. The fraction of sp³-hybridized carbons (Fsp3) is 0.192. The van der Waals surface area contributed by atoms with E-state index in [0.29, 0.717) is 29.8 Å². The largest absolute Gasteiger partial charge is 0.347 e. The number of halogens is 1. The number of amides is 1. The molecule has 2 heterocycles. The van der Waals surface area contributed by atoms with E-state index in [4.69, 9.17) is 11.6 Å². The summed E-state index contributed by atoms with van der Waals surface area (Å²) in [6.07, 6.45) is 1.83. The highest BCUT2D eigenvalue weighted by molar-refractivity contribution is 6.30. The van der Waals surface area contributed by atoms with Crippen molar-refractivity contribution in [3.63, 3.8) is 0 Å². The second kappa shape index (κ2) is 9.46. The van der Waals surface area contributed by atoms with E-state index in [1.165, 1.54) is 5.56 Å². The quantitative estimate of drug-likeness (QED) is 0.392. The van der Waals surface area contributed by atoms with E-state index < -0.39 is 0 Å². The lowest BCUT2D eigenvalue weighted by Gasteiger charge is -2.31. The monoisotopic (exact) mass is 457 g/mol. The molecule has 0 bridgehead atoms. The maximum absolute atomic E-state index is 12.5. The molecule has 7 heteroatoms. The van der Waals surface area contributed by atoms with Gasteiger partial charge < -0.3 is 5.32 Å². The lowest BCUT2D eigenvalue weighted by molar-refractivity contribution is -0.116. The standard InChI is InChI=1S/C26H24ClN5O/c27-21-14-12-20(13-15-21)23-17-22(19-9-5-2-6-10-19)28-26-30-25(31-32(23)26)29-24(33)16-11-18-7-3-1-4-8-18/h1-10,12-15,22-23H,11,16-17H2,(H2,28,29,30,31,33)/t22-,23-/m1/s1. The van der Waals surface area contributed by atoms with Crippen molar-refractivity contribution in [2.45, 2.75) is 31.3 Å². The molecule has 1 aromatic heterocycles. The summed E-state index contributed by atoms with van der Waals surface area (Å²) >= 11 is 6.12. The van der Waals surface area contributed by atoms with Crippen molar-refractivity contribution in [3.8, 4) is 0 Å². The molecule has 1 amide bonds. The molecule has 2 N–H and O–H groups in total. The van der Waals surface area contributed by atoms with Crippen LogP contribution in [0.4, 0.5) is 11.9 Å². The Balaban J connectivity index is 1.38. The van der Waals surface area contributed by atoms with Crippen molar-refractivity contribution >= 4 is 29.4 Å². The first-order valence-electron chi connectivity index (χ1n) is 11.0. The van der Waals surface area contributed by atoms with E-state index in [-0.39, 0.29) is 18.0 Å². The van der Waals surface area contributed by atoms with Crippen molar-refractivity contribution in [2.75, 3.05) is 10.6 Å². The van der Waals surface area contributed by atoms with Gasteiger partial charge in [-0.3, -0.25) is 10.1 Å². The number of aryl methyl sites for hydroxylation is 1. The van der Waals surface area contributed by atoms with E-state index >= 15 is 0 Å². The third-order valence-corrected chi connectivity index (χ3v) is 6.13. The lowest BCUT2D eigenvalue weighted by Crippen LogP contribution is -2.28. The molecule has 2 atom stereocenters. The number of benzene rings is 3. The Bertz CT molecular complexity index is 1220. The number of aromatic nitrogens is 3. The van der Waals surface area contributed by atoms with Crippen LogP contribution in [0.25, 0.3) is 0 Å². The summed E-state index contributed by atoms with van der Waals surface area (Å²) in [6.45, 7) is 0. The molecular formula is C26H24ClN5O. The molecule has 6 nitrogen and oxygen atoms in total. The van der Waals surface area contributed by atoms with Gasteiger partial charge in [0.15, 0.2) is 0 Å². The van der Waals surface area contributed by atoms with Crippen molar-refractivity contribution in [1.82, 2.24) is 14.8 Å². The van der Waals surface area contributed by atoms with Gasteiger partial charge >= 0.3 is 0 Å². The lowest BCUT2D eigenvalue weighted by atomic mass is 9.93. The van der Waals surface area contributed by atoms with Crippen LogP contribution in [0.3, 0.4) is 0 Å². The molecule has 4 aromatic rings. The number of anilines is 2. The summed E-state index contributed by atoms with van der Waals surface area (Å²) in [5.41, 5.74) is 3.40. The van der Waals surface area contributed by atoms with Crippen molar-refractivity contribution in [1.29, 1.82) is 0 Å². The number of carbonyl (C=O) groups is 1. The van der Waals surface area contributed by atoms with E-state index in [1.54, 1.807) is 0 Å². The van der Waals surface area contributed by atoms with Gasteiger partial charge in [-0.1, -0.05) is 84.4 Å². The molecule has 33 heavy (non-hydrogen) atoms. The summed E-state index contributed by atoms with van der Waals surface area (Å²) in [4.78, 5) is 17.1. The zero-order valence-electron chi connectivity index (χ0n) is 18.0. The second-order valence-corrected chi connectivity index (χ2v) is 8.58. The molecule has 0 spiro atoms. The van der Waals surface area contributed by atoms with Gasteiger partial charge in [0.1, 0.15) is 0 Å². The molecule has 0 saturated heterocycles. The molecule has 0 fully saturated rings. The van der Waals surface area contributed by atoms with Crippen LogP contribution in [-0.4, -0.2) is 20.7 Å². The van der Waals surface area contributed by atoms with Crippen LogP contribution >= 0.6 is 11.6 Å². The van der Waals surface area contributed by atoms with Crippen LogP contribution in [0.15, 0.2) is 84.9 Å². The molecule has 166 valence electrons. The molecular weight excluding hydrogens is 434 g/mol. The Hall–Kier alpha value is -3.64. The van der Waals surface area contributed by atoms with E-state index in [2.05, 4.69) is 32.8 Å². The maximum atomic E-state index is 12.5. The molecule has 5 rings (SSSR count). The number of rotatable bonds is 6. The number of fused-ring (bicyclic) bond motifs is 1. The molecule has 1 aliphatic rings. The molecule has 1 aliphatic heterocycles. The highest BCUT2D eigenvalue weighted by Crippen LogP contribution is 2.38. The summed E-state index contributed by atoms with van der Waals surface area (Å²) < 4.78 is 1.86. The molecule has 0 radical (unpaired) electrons. The van der Waals surface area contributed by atoms with Gasteiger partial charge in [0.25, 0.3) is 5.95 Å². The molecule has 3 aromatic carbocycles. The molecule has 0 aliphatic carbocycles. The van der Waals surface area contributed by atoms with E-state index in [0.717, 1.165) is 17.5 Å². The Labute approximate surface area is 197 Å². The first kappa shape index (κ1) is 21.2. The smallest absolute Gasteiger partial charge is 0.250 e. The average molecular weight is 458 g/mol. The fourth-order valence-corrected chi connectivity index (χ4v) is 4.31.